The van der Waals surface area contributed by atoms with Gasteiger partial charge >= 0.3 is 0 Å². The van der Waals surface area contributed by atoms with Crippen LogP contribution in [0.15, 0.2) is 67.1 Å². The molecule has 1 aromatic carbocycles. The first-order valence-corrected chi connectivity index (χ1v) is 10.3. The summed E-state index contributed by atoms with van der Waals surface area (Å²) >= 11 is 0. The van der Waals surface area contributed by atoms with Gasteiger partial charge in [-0.05, 0) is 63.2 Å². The summed E-state index contributed by atoms with van der Waals surface area (Å²) in [7, 11) is 0. The molecule has 154 valence electrons. The van der Waals surface area contributed by atoms with Gasteiger partial charge in [0.15, 0.2) is 0 Å². The average Bonchev–Trinajstić information content (AvgIpc) is 3.10. The lowest BCUT2D eigenvalue weighted by Crippen LogP contribution is -2.22. The summed E-state index contributed by atoms with van der Waals surface area (Å²) in [5.74, 6) is 0.866. The highest BCUT2D eigenvalue weighted by atomic mass is 16.5. The molecule has 0 aliphatic carbocycles. The minimum Gasteiger partial charge on any atom is -0.488 e. The highest BCUT2D eigenvalue weighted by Gasteiger charge is 2.15. The van der Waals surface area contributed by atoms with Gasteiger partial charge in [0.1, 0.15) is 17.0 Å². The largest absolute Gasteiger partial charge is 0.488 e. The number of hydrogen-bond acceptors (Lipinski definition) is 3. The summed E-state index contributed by atoms with van der Waals surface area (Å²) in [5, 5.41) is 0. The zero-order valence-electron chi connectivity index (χ0n) is 18.6. The van der Waals surface area contributed by atoms with Crippen molar-refractivity contribution in [3.63, 3.8) is 0 Å². The van der Waals surface area contributed by atoms with Gasteiger partial charge in [-0.15, -0.1) is 0 Å². The van der Waals surface area contributed by atoms with Crippen molar-refractivity contribution in [3.8, 4) is 28.1 Å². The third kappa shape index (κ3) is 4.23. The molecule has 0 N–H and O–H groups in total. The lowest BCUT2D eigenvalue weighted by Gasteiger charge is -2.21. The van der Waals surface area contributed by atoms with Crippen LogP contribution in [-0.2, 0) is 5.41 Å². The summed E-state index contributed by atoms with van der Waals surface area (Å²) in [5.41, 5.74) is 6.20. The number of nitrogens with zero attached hydrogens (tertiary/aromatic N) is 3. The quantitative estimate of drug-likeness (QED) is 0.393. The summed E-state index contributed by atoms with van der Waals surface area (Å²) in [6.07, 6.45) is 6.00. The molecule has 0 spiro atoms. The molecule has 4 nitrogen and oxygen atoms in total. The molecule has 0 fully saturated rings. The number of benzene rings is 1. The van der Waals surface area contributed by atoms with Crippen LogP contribution in [0.2, 0.25) is 0 Å². The smallest absolute Gasteiger partial charge is 0.137 e. The molecule has 0 saturated carbocycles. The summed E-state index contributed by atoms with van der Waals surface area (Å²) in [4.78, 5) is 9.25. The van der Waals surface area contributed by atoms with E-state index in [9.17, 15) is 0 Å². The number of aromatic nitrogens is 3. The summed E-state index contributed by atoms with van der Waals surface area (Å²) in [6.45, 7) is 12.7. The molecule has 30 heavy (non-hydrogen) atoms. The Morgan fingerprint density at radius 1 is 0.700 bits per heavy atom. The molecule has 0 saturated heterocycles. The Morgan fingerprint density at radius 3 is 1.97 bits per heavy atom. The Labute approximate surface area is 178 Å². The fourth-order valence-electron chi connectivity index (χ4n) is 3.42. The fraction of sp³-hybridized carbons (Fsp3) is 0.308. The van der Waals surface area contributed by atoms with Crippen molar-refractivity contribution >= 4 is 5.65 Å². The van der Waals surface area contributed by atoms with Gasteiger partial charge in [-0.2, -0.15) is 0 Å². The number of imidazole rings is 1. The first-order valence-electron chi connectivity index (χ1n) is 10.3. The third-order valence-corrected chi connectivity index (χ3v) is 4.94. The number of rotatable bonds is 3. The van der Waals surface area contributed by atoms with Crippen LogP contribution < -0.4 is 4.74 Å². The monoisotopic (exact) mass is 399 g/mol. The van der Waals surface area contributed by atoms with Crippen molar-refractivity contribution < 1.29 is 4.74 Å². The molecular weight excluding hydrogens is 370 g/mol. The van der Waals surface area contributed by atoms with Crippen molar-refractivity contribution in [3.05, 3.63) is 72.8 Å². The lowest BCUT2D eigenvalue weighted by molar-refractivity contribution is 0.131. The minimum atomic E-state index is -0.212. The van der Waals surface area contributed by atoms with E-state index in [1.807, 2.05) is 30.6 Å². The Bertz CT molecular complexity index is 1160. The van der Waals surface area contributed by atoms with Crippen LogP contribution in [0.1, 0.15) is 47.2 Å². The Morgan fingerprint density at radius 2 is 1.37 bits per heavy atom. The van der Waals surface area contributed by atoms with Gasteiger partial charge in [0.25, 0.3) is 0 Å². The highest BCUT2D eigenvalue weighted by molar-refractivity contribution is 5.69. The number of fused-ring (bicyclic) bond motifs is 1. The second-order valence-corrected chi connectivity index (χ2v) is 9.71. The van der Waals surface area contributed by atoms with Crippen LogP contribution in [0.3, 0.4) is 0 Å². The second kappa shape index (κ2) is 7.28. The number of hydrogen-bond donors (Lipinski definition) is 0. The van der Waals surface area contributed by atoms with Crippen molar-refractivity contribution in [1.29, 1.82) is 0 Å². The predicted molar refractivity (Wildman–Crippen MR) is 123 cm³/mol. The van der Waals surface area contributed by atoms with Crippen LogP contribution >= 0.6 is 0 Å². The van der Waals surface area contributed by atoms with E-state index in [2.05, 4.69) is 92.4 Å². The van der Waals surface area contributed by atoms with Gasteiger partial charge in [0.05, 0.1) is 11.9 Å². The molecular formula is C26H29N3O. The molecule has 0 unspecified atom stereocenters. The standard InChI is InChI=1S/C26H29N3O/c1-25(2,3)23-13-9-19(15-27-23)20-10-14-24-28-16-22(29(24)17-20)18-7-11-21(12-8-18)30-26(4,5)6/h7-17H,1-6H3. The third-order valence-electron chi connectivity index (χ3n) is 4.94. The number of ether oxygens (including phenoxy) is 1. The average molecular weight is 400 g/mol. The zero-order valence-corrected chi connectivity index (χ0v) is 18.6. The molecule has 0 aliphatic heterocycles. The normalized spacial score (nSPS) is 12.3. The van der Waals surface area contributed by atoms with Gasteiger partial charge in [-0.1, -0.05) is 26.8 Å². The minimum absolute atomic E-state index is 0.0445. The Balaban J connectivity index is 1.68. The van der Waals surface area contributed by atoms with E-state index in [0.717, 1.165) is 39.5 Å². The molecule has 3 heterocycles. The molecule has 0 amide bonds. The second-order valence-electron chi connectivity index (χ2n) is 9.71. The summed E-state index contributed by atoms with van der Waals surface area (Å²) < 4.78 is 8.07. The van der Waals surface area contributed by atoms with E-state index < -0.39 is 0 Å². The molecule has 4 aromatic rings. The van der Waals surface area contributed by atoms with Crippen LogP contribution in [0.5, 0.6) is 5.75 Å². The van der Waals surface area contributed by atoms with Crippen LogP contribution in [0, 0.1) is 0 Å². The van der Waals surface area contributed by atoms with Crippen LogP contribution in [0.25, 0.3) is 28.0 Å². The van der Waals surface area contributed by atoms with E-state index in [4.69, 9.17) is 4.74 Å². The first-order chi connectivity index (χ1) is 14.1. The Hall–Kier alpha value is -3.14. The molecule has 0 bridgehead atoms. The lowest BCUT2D eigenvalue weighted by atomic mass is 9.91. The van der Waals surface area contributed by atoms with E-state index >= 15 is 0 Å². The van der Waals surface area contributed by atoms with E-state index in [0.29, 0.717) is 0 Å². The molecule has 3 aromatic heterocycles. The van der Waals surface area contributed by atoms with Crippen molar-refractivity contribution in [2.24, 2.45) is 0 Å². The van der Waals surface area contributed by atoms with E-state index in [-0.39, 0.29) is 11.0 Å². The van der Waals surface area contributed by atoms with Crippen LogP contribution in [0.4, 0.5) is 0 Å². The zero-order chi connectivity index (χ0) is 21.5. The topological polar surface area (TPSA) is 39.4 Å². The van der Waals surface area contributed by atoms with Crippen molar-refractivity contribution in [2.45, 2.75) is 52.6 Å². The van der Waals surface area contributed by atoms with Gasteiger partial charge < -0.3 is 4.74 Å². The molecule has 4 heteroatoms. The highest BCUT2D eigenvalue weighted by Crippen LogP contribution is 2.28. The maximum atomic E-state index is 5.94. The van der Waals surface area contributed by atoms with Gasteiger partial charge in [-0.25, -0.2) is 4.98 Å². The van der Waals surface area contributed by atoms with E-state index in [1.165, 1.54) is 0 Å². The summed E-state index contributed by atoms with van der Waals surface area (Å²) in [6, 6.07) is 16.6. The molecule has 0 aliphatic rings. The van der Waals surface area contributed by atoms with Crippen molar-refractivity contribution in [1.82, 2.24) is 14.4 Å². The SMILES string of the molecule is CC(C)(C)Oc1ccc(-c2cnc3ccc(-c4ccc(C(C)(C)C)nc4)cn23)cc1. The maximum absolute atomic E-state index is 5.94. The van der Waals surface area contributed by atoms with Gasteiger partial charge in [0, 0.05) is 40.2 Å². The van der Waals surface area contributed by atoms with Gasteiger partial charge in [0.2, 0.25) is 0 Å². The maximum Gasteiger partial charge on any atom is 0.137 e. The number of pyridine rings is 2. The first kappa shape index (κ1) is 20.1. The van der Waals surface area contributed by atoms with Crippen molar-refractivity contribution in [2.75, 3.05) is 0 Å². The molecule has 0 atom stereocenters. The van der Waals surface area contributed by atoms with Crippen LogP contribution in [-0.4, -0.2) is 20.0 Å². The molecule has 0 radical (unpaired) electrons. The molecule has 4 rings (SSSR count). The van der Waals surface area contributed by atoms with E-state index in [1.54, 1.807) is 0 Å². The Kier molecular flexibility index (Phi) is 4.89. The predicted octanol–water partition coefficient (Wildman–Crippen LogP) is 6.54. The van der Waals surface area contributed by atoms with Gasteiger partial charge in [-0.3, -0.25) is 9.38 Å². The fourth-order valence-corrected chi connectivity index (χ4v) is 3.42.